The molecule has 1 unspecified atom stereocenters. The lowest BCUT2D eigenvalue weighted by Crippen LogP contribution is -2.26. The number of primary amides is 1. The van der Waals surface area contributed by atoms with Crippen LogP contribution in [0.4, 0.5) is 0 Å². The predicted octanol–water partition coefficient (Wildman–Crippen LogP) is 1.70. The molecule has 1 aliphatic heterocycles. The molecule has 4 heteroatoms. The van der Waals surface area contributed by atoms with E-state index >= 15 is 0 Å². The Morgan fingerprint density at radius 3 is 2.93 bits per heavy atom. The van der Waals surface area contributed by atoms with Crippen molar-refractivity contribution in [3.8, 4) is 0 Å². The lowest BCUT2D eigenvalue weighted by Gasteiger charge is -2.23. The molecule has 0 saturated carbocycles. The molecule has 1 saturated heterocycles. The van der Waals surface area contributed by atoms with Crippen molar-refractivity contribution in [3.05, 3.63) is 11.8 Å². The van der Waals surface area contributed by atoms with Crippen molar-refractivity contribution in [1.82, 2.24) is 0 Å². The largest absolute Gasteiger partial charge is 0.460 e. The quantitative estimate of drug-likeness (QED) is 0.558. The van der Waals surface area contributed by atoms with E-state index in [-0.39, 0.29) is 12.0 Å². The standard InChI is InChI=1S/C11H19NO3/c1-2-3-6-9(11(12)13)15-10-7-4-5-8-14-10/h6,10H,2-5,7-8H2,1H3,(H2,12,13). The molecular weight excluding hydrogens is 194 g/mol. The highest BCUT2D eigenvalue weighted by atomic mass is 16.7. The summed E-state index contributed by atoms with van der Waals surface area (Å²) in [6.45, 7) is 2.73. The highest BCUT2D eigenvalue weighted by Crippen LogP contribution is 2.17. The highest BCUT2D eigenvalue weighted by molar-refractivity contribution is 5.89. The van der Waals surface area contributed by atoms with Crippen molar-refractivity contribution in [2.24, 2.45) is 5.73 Å². The van der Waals surface area contributed by atoms with Crippen LogP contribution in [0.5, 0.6) is 0 Å². The summed E-state index contributed by atoms with van der Waals surface area (Å²) in [5.74, 6) is -0.277. The molecule has 1 atom stereocenters. The molecule has 0 bridgehead atoms. The van der Waals surface area contributed by atoms with Crippen LogP contribution in [0, 0.1) is 0 Å². The van der Waals surface area contributed by atoms with Gasteiger partial charge in [0.1, 0.15) is 0 Å². The van der Waals surface area contributed by atoms with Crippen molar-refractivity contribution < 1.29 is 14.3 Å². The van der Waals surface area contributed by atoms with E-state index in [9.17, 15) is 4.79 Å². The zero-order valence-electron chi connectivity index (χ0n) is 9.20. The van der Waals surface area contributed by atoms with Crippen LogP contribution < -0.4 is 5.73 Å². The summed E-state index contributed by atoms with van der Waals surface area (Å²) in [5, 5.41) is 0. The molecule has 1 fully saturated rings. The minimum Gasteiger partial charge on any atom is -0.460 e. The van der Waals surface area contributed by atoms with Gasteiger partial charge in [-0.2, -0.15) is 0 Å². The van der Waals surface area contributed by atoms with Gasteiger partial charge in [0.25, 0.3) is 5.91 Å². The number of ether oxygens (including phenoxy) is 2. The summed E-state index contributed by atoms with van der Waals surface area (Å²) in [4.78, 5) is 11.1. The smallest absolute Gasteiger partial charge is 0.283 e. The first-order valence-corrected chi connectivity index (χ1v) is 5.52. The fourth-order valence-corrected chi connectivity index (χ4v) is 1.43. The zero-order valence-corrected chi connectivity index (χ0v) is 9.20. The molecule has 0 radical (unpaired) electrons. The van der Waals surface area contributed by atoms with E-state index < -0.39 is 5.91 Å². The van der Waals surface area contributed by atoms with Crippen molar-refractivity contribution in [2.45, 2.75) is 45.3 Å². The maximum absolute atomic E-state index is 11.1. The van der Waals surface area contributed by atoms with Gasteiger partial charge in [-0.05, 0) is 25.3 Å². The summed E-state index contributed by atoms with van der Waals surface area (Å²) < 4.78 is 10.8. The van der Waals surface area contributed by atoms with E-state index in [0.29, 0.717) is 6.61 Å². The van der Waals surface area contributed by atoms with Crippen molar-refractivity contribution in [1.29, 1.82) is 0 Å². The average Bonchev–Trinajstić information content (AvgIpc) is 2.25. The predicted molar refractivity (Wildman–Crippen MR) is 56.9 cm³/mol. The number of allylic oxidation sites excluding steroid dienone is 1. The topological polar surface area (TPSA) is 61.6 Å². The van der Waals surface area contributed by atoms with Crippen molar-refractivity contribution >= 4 is 5.91 Å². The molecule has 0 aromatic heterocycles. The first kappa shape index (κ1) is 12.0. The van der Waals surface area contributed by atoms with Crippen molar-refractivity contribution in [3.63, 3.8) is 0 Å². The summed E-state index contributed by atoms with van der Waals surface area (Å²) >= 11 is 0. The number of carbonyl (C=O) groups is 1. The molecule has 0 aromatic carbocycles. The normalized spacial score (nSPS) is 22.5. The lowest BCUT2D eigenvalue weighted by atomic mass is 10.2. The molecule has 1 rings (SSSR count). The molecule has 1 amide bonds. The van der Waals surface area contributed by atoms with E-state index in [2.05, 4.69) is 0 Å². The van der Waals surface area contributed by atoms with Crippen molar-refractivity contribution in [2.75, 3.05) is 6.61 Å². The molecule has 86 valence electrons. The van der Waals surface area contributed by atoms with Crippen LogP contribution in [0.15, 0.2) is 11.8 Å². The molecule has 4 nitrogen and oxygen atoms in total. The van der Waals surface area contributed by atoms with Gasteiger partial charge in [-0.3, -0.25) is 4.79 Å². The third kappa shape index (κ3) is 4.34. The monoisotopic (exact) mass is 213 g/mol. The molecule has 0 spiro atoms. The van der Waals surface area contributed by atoms with Crippen LogP contribution >= 0.6 is 0 Å². The van der Waals surface area contributed by atoms with Crippen LogP contribution in [0.2, 0.25) is 0 Å². The zero-order chi connectivity index (χ0) is 11.1. The van der Waals surface area contributed by atoms with Crippen LogP contribution in [-0.4, -0.2) is 18.8 Å². The Balaban J connectivity index is 2.45. The third-order valence-electron chi connectivity index (χ3n) is 2.26. The number of hydrogen-bond donors (Lipinski definition) is 1. The molecular formula is C11H19NO3. The Labute approximate surface area is 90.4 Å². The van der Waals surface area contributed by atoms with Gasteiger partial charge in [0.15, 0.2) is 12.0 Å². The number of nitrogens with two attached hydrogens (primary N) is 1. The van der Waals surface area contributed by atoms with Gasteiger partial charge in [0, 0.05) is 6.42 Å². The summed E-state index contributed by atoms with van der Waals surface area (Å²) in [6.07, 6.45) is 6.16. The first-order chi connectivity index (χ1) is 7.24. The van der Waals surface area contributed by atoms with Gasteiger partial charge in [0.05, 0.1) is 6.61 Å². The van der Waals surface area contributed by atoms with Gasteiger partial charge in [-0.15, -0.1) is 0 Å². The van der Waals surface area contributed by atoms with Gasteiger partial charge < -0.3 is 15.2 Å². The SMILES string of the molecule is CCCC=C(OC1CCCCO1)C(N)=O. The maximum atomic E-state index is 11.1. The van der Waals surface area contributed by atoms with Crippen LogP contribution in [0.1, 0.15) is 39.0 Å². The minimum absolute atomic E-state index is 0.240. The lowest BCUT2D eigenvalue weighted by molar-refractivity contribution is -0.149. The Kier molecular flexibility index (Phi) is 5.18. The van der Waals surface area contributed by atoms with Gasteiger partial charge in [-0.1, -0.05) is 13.3 Å². The Morgan fingerprint density at radius 2 is 2.40 bits per heavy atom. The summed E-state index contributed by atoms with van der Waals surface area (Å²) in [7, 11) is 0. The number of hydrogen-bond acceptors (Lipinski definition) is 3. The fraction of sp³-hybridized carbons (Fsp3) is 0.727. The summed E-state index contributed by atoms with van der Waals surface area (Å²) in [6, 6.07) is 0. The molecule has 2 N–H and O–H groups in total. The van der Waals surface area contributed by atoms with Crippen LogP contribution in [0.3, 0.4) is 0 Å². The van der Waals surface area contributed by atoms with Gasteiger partial charge >= 0.3 is 0 Å². The molecule has 0 aromatic rings. The fourth-order valence-electron chi connectivity index (χ4n) is 1.43. The average molecular weight is 213 g/mol. The molecule has 1 aliphatic rings. The van der Waals surface area contributed by atoms with E-state index in [1.807, 2.05) is 6.92 Å². The first-order valence-electron chi connectivity index (χ1n) is 5.52. The van der Waals surface area contributed by atoms with Crippen LogP contribution in [0.25, 0.3) is 0 Å². The maximum Gasteiger partial charge on any atom is 0.283 e. The van der Waals surface area contributed by atoms with Gasteiger partial charge in [-0.25, -0.2) is 0 Å². The molecule has 15 heavy (non-hydrogen) atoms. The van der Waals surface area contributed by atoms with E-state index in [0.717, 1.165) is 32.1 Å². The molecule has 1 heterocycles. The highest BCUT2D eigenvalue weighted by Gasteiger charge is 2.18. The number of amides is 1. The second-order valence-electron chi connectivity index (χ2n) is 3.64. The third-order valence-corrected chi connectivity index (χ3v) is 2.26. The Morgan fingerprint density at radius 1 is 1.60 bits per heavy atom. The number of carbonyl (C=O) groups excluding carboxylic acids is 1. The van der Waals surface area contributed by atoms with E-state index in [4.69, 9.17) is 15.2 Å². The minimum atomic E-state index is -0.516. The van der Waals surface area contributed by atoms with Crippen LogP contribution in [-0.2, 0) is 14.3 Å². The van der Waals surface area contributed by atoms with E-state index in [1.165, 1.54) is 0 Å². The second-order valence-corrected chi connectivity index (χ2v) is 3.64. The van der Waals surface area contributed by atoms with Gasteiger partial charge in [0.2, 0.25) is 0 Å². The second kappa shape index (κ2) is 6.45. The number of unbranched alkanes of at least 4 members (excludes halogenated alkanes) is 1. The van der Waals surface area contributed by atoms with E-state index in [1.54, 1.807) is 6.08 Å². The number of rotatable bonds is 5. The summed E-state index contributed by atoms with van der Waals surface area (Å²) in [5.41, 5.74) is 5.21. The Bertz CT molecular complexity index is 232. The Hall–Kier alpha value is -1.03. The molecule has 0 aliphatic carbocycles.